The molecule has 7 nitrogen and oxygen atoms in total. The van der Waals surface area contributed by atoms with E-state index < -0.39 is 9.84 Å². The van der Waals surface area contributed by atoms with E-state index in [0.29, 0.717) is 48.7 Å². The minimum atomic E-state index is -3.79. The Bertz CT molecular complexity index is 1310. The van der Waals surface area contributed by atoms with Gasteiger partial charge in [-0.25, -0.2) is 13.4 Å². The first-order valence-electron chi connectivity index (χ1n) is 10.3. The molecule has 3 aromatic rings. The Hall–Kier alpha value is -3.36. The molecule has 1 saturated heterocycles. The zero-order valence-electron chi connectivity index (χ0n) is 17.9. The molecule has 166 valence electrons. The number of amidine groups is 1. The molecular formula is C24H26N4O3S. The number of sulfone groups is 1. The molecule has 3 N–H and O–H groups in total. The van der Waals surface area contributed by atoms with Crippen molar-refractivity contribution in [2.75, 3.05) is 31.2 Å². The van der Waals surface area contributed by atoms with Gasteiger partial charge in [0.1, 0.15) is 0 Å². The molecule has 4 rings (SSSR count). The number of benzene rings is 2. The highest BCUT2D eigenvalue weighted by atomic mass is 32.2. The number of ether oxygens (including phenoxy) is 1. The normalized spacial score (nSPS) is 15.8. The summed E-state index contributed by atoms with van der Waals surface area (Å²) in [4.78, 5) is 9.81. The van der Waals surface area contributed by atoms with Crippen molar-refractivity contribution in [2.24, 2.45) is 10.7 Å². The van der Waals surface area contributed by atoms with Crippen LogP contribution in [0.5, 0.6) is 0 Å². The Morgan fingerprint density at radius 1 is 1.22 bits per heavy atom. The fourth-order valence-electron chi connectivity index (χ4n) is 3.72. The third-order valence-corrected chi connectivity index (χ3v) is 7.15. The number of allylic oxidation sites excluding steroid dienone is 2. The highest BCUT2D eigenvalue weighted by molar-refractivity contribution is 7.91. The van der Waals surface area contributed by atoms with Gasteiger partial charge in [0.2, 0.25) is 9.84 Å². The monoisotopic (exact) mass is 450 g/mol. The lowest BCUT2D eigenvalue weighted by atomic mass is 10.1. The van der Waals surface area contributed by atoms with E-state index in [1.54, 1.807) is 43.6 Å². The Morgan fingerprint density at radius 3 is 2.69 bits per heavy atom. The van der Waals surface area contributed by atoms with Gasteiger partial charge in [0.15, 0.2) is 0 Å². The number of fused-ring (bicyclic) bond motifs is 1. The number of aromatic amines is 1. The number of aromatic nitrogens is 1. The minimum absolute atomic E-state index is 0.211. The molecule has 0 amide bonds. The maximum atomic E-state index is 13.7. The van der Waals surface area contributed by atoms with E-state index in [4.69, 9.17) is 10.5 Å². The molecule has 1 aromatic heterocycles. The molecular weight excluding hydrogens is 424 g/mol. The molecule has 0 saturated carbocycles. The molecule has 1 aliphatic heterocycles. The van der Waals surface area contributed by atoms with Gasteiger partial charge in [0.25, 0.3) is 0 Å². The molecule has 0 bridgehead atoms. The summed E-state index contributed by atoms with van der Waals surface area (Å²) >= 11 is 0. The molecule has 0 unspecified atom stereocenters. The number of anilines is 1. The predicted octanol–water partition coefficient (Wildman–Crippen LogP) is 3.74. The van der Waals surface area contributed by atoms with E-state index >= 15 is 0 Å². The summed E-state index contributed by atoms with van der Waals surface area (Å²) in [5.41, 5.74) is 8.65. The Balaban J connectivity index is 1.89. The van der Waals surface area contributed by atoms with Gasteiger partial charge >= 0.3 is 0 Å². The van der Waals surface area contributed by atoms with Crippen LogP contribution in [0.2, 0.25) is 0 Å². The first-order valence-corrected chi connectivity index (χ1v) is 11.8. The molecule has 2 heterocycles. The summed E-state index contributed by atoms with van der Waals surface area (Å²) in [6.07, 6.45) is 4.79. The fraction of sp³-hybridized carbons (Fsp3) is 0.208. The number of nitrogens with one attached hydrogen (secondary N) is 1. The third-order valence-electron chi connectivity index (χ3n) is 5.38. The smallest absolute Gasteiger partial charge is 0.208 e. The van der Waals surface area contributed by atoms with Gasteiger partial charge < -0.3 is 20.4 Å². The molecule has 0 spiro atoms. The van der Waals surface area contributed by atoms with Gasteiger partial charge in [0, 0.05) is 42.1 Å². The molecule has 1 fully saturated rings. The highest BCUT2D eigenvalue weighted by Crippen LogP contribution is 2.33. The predicted molar refractivity (Wildman–Crippen MR) is 129 cm³/mol. The number of para-hydroxylation sites is 1. The number of rotatable bonds is 6. The van der Waals surface area contributed by atoms with Crippen molar-refractivity contribution in [3.8, 4) is 0 Å². The van der Waals surface area contributed by atoms with Crippen LogP contribution in [0.1, 0.15) is 12.5 Å². The minimum Gasteiger partial charge on any atom is -0.387 e. The maximum absolute atomic E-state index is 13.7. The van der Waals surface area contributed by atoms with Gasteiger partial charge in [-0.3, -0.25) is 0 Å². The van der Waals surface area contributed by atoms with Crippen molar-refractivity contribution in [1.29, 1.82) is 0 Å². The van der Waals surface area contributed by atoms with Crippen LogP contribution in [-0.4, -0.2) is 45.5 Å². The number of morpholine rings is 1. The van der Waals surface area contributed by atoms with E-state index in [9.17, 15) is 8.42 Å². The standard InChI is InChI=1S/C24H26N4O3S/c1-3-18(15-26-17(2)25)19-12-20(28-8-10-31-11-9-28)14-21(13-19)32(29,30)24-16-27-23-7-5-4-6-22(23)24/h3-7,12-16,27H,1,8-11H2,2H3,(H2,25,26)/b18-15+. The molecule has 0 aliphatic carbocycles. The summed E-state index contributed by atoms with van der Waals surface area (Å²) in [7, 11) is -3.79. The van der Waals surface area contributed by atoms with Crippen LogP contribution in [0.25, 0.3) is 16.5 Å². The average molecular weight is 451 g/mol. The lowest BCUT2D eigenvalue weighted by molar-refractivity contribution is 0.122. The molecule has 1 aliphatic rings. The van der Waals surface area contributed by atoms with Crippen LogP contribution in [0.15, 0.2) is 82.3 Å². The summed E-state index contributed by atoms with van der Waals surface area (Å²) in [5, 5.41) is 0.661. The van der Waals surface area contributed by atoms with Crippen molar-refractivity contribution < 1.29 is 13.2 Å². The number of nitrogens with two attached hydrogens (primary N) is 1. The number of hydrogen-bond acceptors (Lipinski definition) is 5. The van der Waals surface area contributed by atoms with Gasteiger partial charge in [-0.05, 0) is 42.3 Å². The van der Waals surface area contributed by atoms with E-state index in [0.717, 1.165) is 11.2 Å². The molecule has 2 aromatic carbocycles. The number of aliphatic imine (C=N–C) groups is 1. The fourth-order valence-corrected chi connectivity index (χ4v) is 5.21. The topological polar surface area (TPSA) is 101 Å². The van der Waals surface area contributed by atoms with Gasteiger partial charge in [-0.1, -0.05) is 30.9 Å². The number of nitrogens with zero attached hydrogens (tertiary/aromatic N) is 2. The summed E-state index contributed by atoms with van der Waals surface area (Å²) in [5.74, 6) is 0.403. The summed E-state index contributed by atoms with van der Waals surface area (Å²) in [6.45, 7) is 8.12. The van der Waals surface area contributed by atoms with Gasteiger partial charge in [-0.15, -0.1) is 0 Å². The van der Waals surface area contributed by atoms with E-state index in [1.165, 1.54) is 0 Å². The van der Waals surface area contributed by atoms with Crippen molar-refractivity contribution in [3.05, 3.63) is 73.1 Å². The maximum Gasteiger partial charge on any atom is 0.208 e. The lowest BCUT2D eigenvalue weighted by Gasteiger charge is -2.29. The van der Waals surface area contributed by atoms with Crippen molar-refractivity contribution >= 4 is 37.8 Å². The second-order valence-electron chi connectivity index (χ2n) is 7.58. The first kappa shape index (κ1) is 21.9. The first-order chi connectivity index (χ1) is 15.4. The van der Waals surface area contributed by atoms with Gasteiger partial charge in [-0.2, -0.15) is 0 Å². The summed E-state index contributed by atoms with van der Waals surface area (Å²) in [6, 6.07) is 12.7. The molecule has 8 heteroatoms. The van der Waals surface area contributed by atoms with E-state index in [1.807, 2.05) is 24.3 Å². The van der Waals surface area contributed by atoms with E-state index in [2.05, 4.69) is 21.5 Å². The molecule has 32 heavy (non-hydrogen) atoms. The Morgan fingerprint density at radius 2 is 1.97 bits per heavy atom. The SMILES string of the molecule is C=C/C(=C\N=C(/C)N)c1cc(N2CCOCC2)cc(S(=O)(=O)c2c[nH]c3ccccc23)c1. The highest BCUT2D eigenvalue weighted by Gasteiger charge is 2.24. The summed E-state index contributed by atoms with van der Waals surface area (Å²) < 4.78 is 32.9. The van der Waals surface area contributed by atoms with Crippen molar-refractivity contribution in [1.82, 2.24) is 4.98 Å². The molecule has 0 atom stereocenters. The van der Waals surface area contributed by atoms with Crippen molar-refractivity contribution in [2.45, 2.75) is 16.7 Å². The van der Waals surface area contributed by atoms with Crippen LogP contribution < -0.4 is 10.6 Å². The Kier molecular flexibility index (Phi) is 6.16. The van der Waals surface area contributed by atoms with Crippen LogP contribution in [0.3, 0.4) is 0 Å². The zero-order chi connectivity index (χ0) is 22.7. The third kappa shape index (κ3) is 4.32. The van der Waals surface area contributed by atoms with Gasteiger partial charge in [0.05, 0.1) is 28.8 Å². The second kappa shape index (κ2) is 9.02. The van der Waals surface area contributed by atoms with Crippen LogP contribution in [0, 0.1) is 0 Å². The number of H-pyrrole nitrogens is 1. The lowest BCUT2D eigenvalue weighted by Crippen LogP contribution is -2.36. The van der Waals surface area contributed by atoms with Crippen molar-refractivity contribution in [3.63, 3.8) is 0 Å². The number of hydrogen-bond donors (Lipinski definition) is 2. The molecule has 0 radical (unpaired) electrons. The van der Waals surface area contributed by atoms with Crippen LogP contribution in [-0.2, 0) is 14.6 Å². The largest absolute Gasteiger partial charge is 0.387 e. The van der Waals surface area contributed by atoms with Crippen LogP contribution >= 0.6 is 0 Å². The average Bonchev–Trinajstić information content (AvgIpc) is 3.25. The van der Waals surface area contributed by atoms with E-state index in [-0.39, 0.29) is 9.79 Å². The van der Waals surface area contributed by atoms with Crippen LogP contribution in [0.4, 0.5) is 5.69 Å². The zero-order valence-corrected chi connectivity index (χ0v) is 18.7. The Labute approximate surface area is 187 Å². The quantitative estimate of drug-likeness (QED) is 0.338. The second-order valence-corrected chi connectivity index (χ2v) is 9.49.